The summed E-state index contributed by atoms with van der Waals surface area (Å²) in [5.41, 5.74) is 0.682. The van der Waals surface area contributed by atoms with Crippen LogP contribution >= 0.6 is 35.0 Å². The molecule has 4 nitrogen and oxygen atoms in total. The topological polar surface area (TPSA) is 41.9 Å². The minimum Gasteiger partial charge on any atom is -0.372 e. The van der Waals surface area contributed by atoms with E-state index in [1.54, 1.807) is 42.0 Å². The molecule has 0 radical (unpaired) electrons. The maximum atomic E-state index is 12.5. The van der Waals surface area contributed by atoms with E-state index in [9.17, 15) is 4.79 Å². The first-order valence-corrected chi connectivity index (χ1v) is 8.81. The van der Waals surface area contributed by atoms with Gasteiger partial charge in [-0.2, -0.15) is 0 Å². The Labute approximate surface area is 144 Å². The number of methoxy groups -OCH3 is 1. The van der Waals surface area contributed by atoms with Crippen LogP contribution in [0.25, 0.3) is 0 Å². The Bertz CT molecular complexity index is 577. The molecule has 22 heavy (non-hydrogen) atoms. The number of rotatable bonds is 4. The van der Waals surface area contributed by atoms with Crippen molar-refractivity contribution >= 4 is 51.7 Å². The number of nitrogens with zero attached hydrogens (tertiary/aromatic N) is 2. The molecule has 0 saturated carbocycles. The molecule has 120 valence electrons. The van der Waals surface area contributed by atoms with Crippen molar-refractivity contribution in [2.24, 2.45) is 4.99 Å². The molecule has 7 heteroatoms. The van der Waals surface area contributed by atoms with Gasteiger partial charge in [0.05, 0.1) is 15.7 Å². The normalized spacial score (nSPS) is 18.5. The van der Waals surface area contributed by atoms with Crippen molar-refractivity contribution in [1.29, 1.82) is 0 Å². The van der Waals surface area contributed by atoms with Gasteiger partial charge in [-0.1, -0.05) is 41.9 Å². The number of amides is 1. The minimum atomic E-state index is -0.433. The summed E-state index contributed by atoms with van der Waals surface area (Å²) < 4.78 is 5.25. The van der Waals surface area contributed by atoms with E-state index in [0.717, 1.165) is 12.2 Å². The zero-order valence-electron chi connectivity index (χ0n) is 12.5. The Kier molecular flexibility index (Phi) is 6.56. The van der Waals surface area contributed by atoms with Crippen LogP contribution in [0.15, 0.2) is 23.2 Å². The van der Waals surface area contributed by atoms with E-state index in [4.69, 9.17) is 27.9 Å². The van der Waals surface area contributed by atoms with Crippen LogP contribution in [0.3, 0.4) is 0 Å². The van der Waals surface area contributed by atoms with Crippen LogP contribution in [0.1, 0.15) is 19.8 Å². The molecule has 0 aromatic heterocycles. The number of carbonyl (C=O) groups is 1. The van der Waals surface area contributed by atoms with Crippen LogP contribution in [0.2, 0.25) is 10.0 Å². The molecule has 1 saturated heterocycles. The Balaban J connectivity index is 2.27. The predicted molar refractivity (Wildman–Crippen MR) is 93.4 cm³/mol. The maximum Gasteiger partial charge on any atom is 0.257 e. The molecule has 1 aromatic carbocycles. The molecule has 1 aliphatic rings. The lowest BCUT2D eigenvalue weighted by molar-refractivity contribution is -0.137. The van der Waals surface area contributed by atoms with Gasteiger partial charge < -0.3 is 4.74 Å². The van der Waals surface area contributed by atoms with Gasteiger partial charge in [-0.25, -0.2) is 4.99 Å². The number of thioether (sulfide) groups is 1. The third-order valence-electron chi connectivity index (χ3n) is 3.31. The molecule has 0 N–H and O–H groups in total. The Morgan fingerprint density at radius 2 is 2.23 bits per heavy atom. The van der Waals surface area contributed by atoms with Crippen LogP contribution in [-0.4, -0.2) is 41.5 Å². The van der Waals surface area contributed by atoms with Gasteiger partial charge in [0.2, 0.25) is 0 Å². The number of benzene rings is 1. The van der Waals surface area contributed by atoms with Crippen molar-refractivity contribution in [1.82, 2.24) is 4.90 Å². The number of halogens is 2. The number of amidine groups is 1. The van der Waals surface area contributed by atoms with Gasteiger partial charge in [-0.05, 0) is 31.0 Å². The van der Waals surface area contributed by atoms with E-state index in [1.807, 2.05) is 6.92 Å². The first-order valence-electron chi connectivity index (χ1n) is 7.07. The number of carbonyl (C=O) groups excluding carboxylic acids is 1. The summed E-state index contributed by atoms with van der Waals surface area (Å²) in [6.07, 6.45) is 1.14. The second kappa shape index (κ2) is 8.20. The monoisotopic (exact) mass is 360 g/mol. The van der Waals surface area contributed by atoms with Crippen LogP contribution < -0.4 is 0 Å². The first kappa shape index (κ1) is 17.6. The summed E-state index contributed by atoms with van der Waals surface area (Å²) in [4.78, 5) is 18.8. The van der Waals surface area contributed by atoms with E-state index < -0.39 is 6.10 Å². The summed E-state index contributed by atoms with van der Waals surface area (Å²) in [7, 11) is 1.55. The van der Waals surface area contributed by atoms with Crippen LogP contribution in [-0.2, 0) is 9.53 Å². The molecular formula is C15H18Cl2N2O2S. The molecule has 0 aliphatic carbocycles. The highest BCUT2D eigenvalue weighted by Gasteiger charge is 2.28. The van der Waals surface area contributed by atoms with E-state index in [1.165, 1.54) is 0 Å². The molecule has 1 atom stereocenters. The molecule has 1 aromatic rings. The lowest BCUT2D eigenvalue weighted by Gasteiger charge is -2.30. The largest absolute Gasteiger partial charge is 0.372 e. The van der Waals surface area contributed by atoms with Crippen molar-refractivity contribution < 1.29 is 9.53 Å². The third kappa shape index (κ3) is 4.16. The van der Waals surface area contributed by atoms with Gasteiger partial charge in [0.25, 0.3) is 5.91 Å². The second-order valence-corrected chi connectivity index (χ2v) is 6.69. The van der Waals surface area contributed by atoms with Crippen LogP contribution in [0.4, 0.5) is 5.69 Å². The van der Waals surface area contributed by atoms with Gasteiger partial charge in [0.15, 0.2) is 5.17 Å². The van der Waals surface area contributed by atoms with Crippen molar-refractivity contribution in [3.05, 3.63) is 28.2 Å². The van der Waals surface area contributed by atoms with Gasteiger partial charge in [-0.15, -0.1) is 0 Å². The number of hydrogen-bond donors (Lipinski definition) is 0. The SMILES string of the molecule is CCC(OC)C(=O)N1CCCSC1=Nc1ccc(Cl)c(Cl)c1. The zero-order valence-corrected chi connectivity index (χ0v) is 14.8. The fourth-order valence-electron chi connectivity index (χ4n) is 2.14. The standard InChI is InChI=1S/C15H18Cl2N2O2S/c1-3-13(21-2)14(20)19-7-4-8-22-15(19)18-10-5-6-11(16)12(17)9-10/h5-6,9,13H,3-4,7-8H2,1-2H3. The fourth-order valence-corrected chi connectivity index (χ4v) is 3.39. The fraction of sp³-hybridized carbons (Fsp3) is 0.467. The highest BCUT2D eigenvalue weighted by Crippen LogP contribution is 2.29. The zero-order chi connectivity index (χ0) is 16.1. The molecule has 1 heterocycles. The summed E-state index contributed by atoms with van der Waals surface area (Å²) in [6.45, 7) is 2.59. The van der Waals surface area contributed by atoms with Gasteiger partial charge >= 0.3 is 0 Å². The molecule has 1 amide bonds. The molecule has 0 spiro atoms. The second-order valence-electron chi connectivity index (χ2n) is 4.82. The summed E-state index contributed by atoms with van der Waals surface area (Å²) in [5, 5.41) is 1.62. The molecular weight excluding hydrogens is 343 g/mol. The third-order valence-corrected chi connectivity index (χ3v) is 5.11. The van der Waals surface area contributed by atoms with Crippen molar-refractivity contribution in [3.8, 4) is 0 Å². The van der Waals surface area contributed by atoms with Crippen molar-refractivity contribution in [2.45, 2.75) is 25.9 Å². The minimum absolute atomic E-state index is 0.0454. The number of ether oxygens (including phenoxy) is 1. The lowest BCUT2D eigenvalue weighted by Crippen LogP contribution is -2.45. The van der Waals surface area contributed by atoms with Gasteiger partial charge in [-0.3, -0.25) is 9.69 Å². The lowest BCUT2D eigenvalue weighted by atomic mass is 10.2. The van der Waals surface area contributed by atoms with Gasteiger partial charge in [0.1, 0.15) is 6.10 Å². The van der Waals surface area contributed by atoms with E-state index >= 15 is 0 Å². The molecule has 1 aliphatic heterocycles. The summed E-state index contributed by atoms with van der Waals surface area (Å²) in [5.74, 6) is 0.893. The van der Waals surface area contributed by atoms with Crippen molar-refractivity contribution in [2.75, 3.05) is 19.4 Å². The van der Waals surface area contributed by atoms with Crippen LogP contribution in [0.5, 0.6) is 0 Å². The number of hydrogen-bond acceptors (Lipinski definition) is 4. The van der Waals surface area contributed by atoms with E-state index in [0.29, 0.717) is 33.9 Å². The average molecular weight is 361 g/mol. The molecule has 1 fully saturated rings. The molecule has 2 rings (SSSR count). The summed E-state index contributed by atoms with van der Waals surface area (Å²) >= 11 is 13.5. The van der Waals surface area contributed by atoms with Gasteiger partial charge in [0, 0.05) is 19.4 Å². The Morgan fingerprint density at radius 3 is 2.86 bits per heavy atom. The molecule has 0 bridgehead atoms. The van der Waals surface area contributed by atoms with E-state index in [2.05, 4.69) is 4.99 Å². The summed E-state index contributed by atoms with van der Waals surface area (Å²) in [6, 6.07) is 5.18. The van der Waals surface area contributed by atoms with Crippen molar-refractivity contribution in [3.63, 3.8) is 0 Å². The highest BCUT2D eigenvalue weighted by molar-refractivity contribution is 8.13. The Hall–Kier alpha value is -0.750. The van der Waals surface area contributed by atoms with Crippen LogP contribution in [0, 0.1) is 0 Å². The quantitative estimate of drug-likeness (QED) is 0.800. The first-order chi connectivity index (χ1) is 10.6. The smallest absolute Gasteiger partial charge is 0.257 e. The average Bonchev–Trinajstić information content (AvgIpc) is 2.52. The van der Waals surface area contributed by atoms with E-state index in [-0.39, 0.29) is 5.91 Å². The predicted octanol–water partition coefficient (Wildman–Crippen LogP) is 4.37. The number of aliphatic imine (C=N–C) groups is 1. The Morgan fingerprint density at radius 1 is 1.45 bits per heavy atom. The highest BCUT2D eigenvalue weighted by atomic mass is 35.5. The molecule has 1 unspecified atom stereocenters. The maximum absolute atomic E-state index is 12.5.